The van der Waals surface area contributed by atoms with Gasteiger partial charge in [0, 0.05) is 13.2 Å². The van der Waals surface area contributed by atoms with Crippen molar-refractivity contribution in [2.24, 2.45) is 0 Å². The van der Waals surface area contributed by atoms with E-state index in [2.05, 4.69) is 6.08 Å². The van der Waals surface area contributed by atoms with Crippen LogP contribution in [0.2, 0.25) is 0 Å². The molecule has 3 heteroatoms. The SMILES string of the molecule is C1=C(/B2OCCCO2)CCCCCCCC/1. The van der Waals surface area contributed by atoms with Gasteiger partial charge in [-0.05, 0) is 31.2 Å². The van der Waals surface area contributed by atoms with Crippen LogP contribution in [-0.4, -0.2) is 20.3 Å². The van der Waals surface area contributed by atoms with E-state index in [-0.39, 0.29) is 7.12 Å². The molecule has 1 aliphatic carbocycles. The molecule has 0 atom stereocenters. The van der Waals surface area contributed by atoms with Crippen LogP contribution < -0.4 is 0 Å². The molecule has 90 valence electrons. The topological polar surface area (TPSA) is 18.5 Å². The number of hydrogen-bond acceptors (Lipinski definition) is 2. The monoisotopic (exact) mass is 222 g/mol. The van der Waals surface area contributed by atoms with E-state index >= 15 is 0 Å². The van der Waals surface area contributed by atoms with Gasteiger partial charge in [-0.3, -0.25) is 0 Å². The summed E-state index contributed by atoms with van der Waals surface area (Å²) >= 11 is 0. The molecule has 2 rings (SSSR count). The van der Waals surface area contributed by atoms with E-state index in [1.807, 2.05) is 0 Å². The van der Waals surface area contributed by atoms with E-state index in [1.165, 1.54) is 56.8 Å². The van der Waals surface area contributed by atoms with Crippen LogP contribution in [0.15, 0.2) is 11.5 Å². The van der Waals surface area contributed by atoms with E-state index in [9.17, 15) is 0 Å². The molecule has 1 heterocycles. The summed E-state index contributed by atoms with van der Waals surface area (Å²) in [6.07, 6.45) is 14.0. The van der Waals surface area contributed by atoms with Gasteiger partial charge in [0.25, 0.3) is 0 Å². The molecule has 0 saturated carbocycles. The first-order valence-corrected chi connectivity index (χ1v) is 6.89. The molecule has 0 spiro atoms. The normalized spacial score (nSPS) is 28.2. The minimum absolute atomic E-state index is 0.0202. The van der Waals surface area contributed by atoms with E-state index in [0.29, 0.717) is 0 Å². The second-order valence-corrected chi connectivity index (χ2v) is 4.87. The van der Waals surface area contributed by atoms with Crippen LogP contribution in [-0.2, 0) is 9.31 Å². The van der Waals surface area contributed by atoms with Gasteiger partial charge in [-0.1, -0.05) is 38.2 Å². The minimum Gasteiger partial charge on any atom is -0.407 e. The van der Waals surface area contributed by atoms with Crippen LogP contribution >= 0.6 is 0 Å². The Hall–Kier alpha value is -0.275. The zero-order valence-electron chi connectivity index (χ0n) is 10.2. The molecule has 0 aromatic rings. The smallest absolute Gasteiger partial charge is 0.407 e. The molecule has 1 fully saturated rings. The first kappa shape index (κ1) is 12.2. The van der Waals surface area contributed by atoms with Gasteiger partial charge in [0.15, 0.2) is 0 Å². The maximum absolute atomic E-state index is 5.70. The molecule has 2 aliphatic rings. The Kier molecular flexibility index (Phi) is 5.43. The van der Waals surface area contributed by atoms with Crippen molar-refractivity contribution in [1.29, 1.82) is 0 Å². The van der Waals surface area contributed by atoms with Crippen LogP contribution in [0.4, 0.5) is 0 Å². The summed E-state index contributed by atoms with van der Waals surface area (Å²) in [5.74, 6) is 0. The molecule has 0 N–H and O–H groups in total. The third-order valence-electron chi connectivity index (χ3n) is 3.46. The second kappa shape index (κ2) is 7.13. The van der Waals surface area contributed by atoms with Crippen molar-refractivity contribution in [1.82, 2.24) is 0 Å². The van der Waals surface area contributed by atoms with Gasteiger partial charge in [-0.15, -0.1) is 0 Å². The molecule has 16 heavy (non-hydrogen) atoms. The lowest BCUT2D eigenvalue weighted by Gasteiger charge is -2.22. The Morgan fingerprint density at radius 2 is 1.50 bits per heavy atom. The van der Waals surface area contributed by atoms with Crippen molar-refractivity contribution >= 4 is 7.12 Å². The molecular formula is C13H23BO2. The Morgan fingerprint density at radius 1 is 0.812 bits per heavy atom. The van der Waals surface area contributed by atoms with Crippen molar-refractivity contribution in [2.75, 3.05) is 13.2 Å². The summed E-state index contributed by atoms with van der Waals surface area (Å²) in [6.45, 7) is 1.73. The highest BCUT2D eigenvalue weighted by Crippen LogP contribution is 2.21. The van der Waals surface area contributed by atoms with Crippen molar-refractivity contribution in [3.8, 4) is 0 Å². The lowest BCUT2D eigenvalue weighted by Crippen LogP contribution is -2.32. The minimum atomic E-state index is -0.0202. The predicted octanol–water partition coefficient (Wildman–Crippen LogP) is 3.51. The van der Waals surface area contributed by atoms with E-state index in [4.69, 9.17) is 9.31 Å². The highest BCUT2D eigenvalue weighted by molar-refractivity contribution is 6.53. The molecule has 0 bridgehead atoms. The molecule has 0 aromatic heterocycles. The van der Waals surface area contributed by atoms with Crippen molar-refractivity contribution < 1.29 is 9.31 Å². The van der Waals surface area contributed by atoms with Crippen LogP contribution in [0.25, 0.3) is 0 Å². The molecule has 0 aromatic carbocycles. The second-order valence-electron chi connectivity index (χ2n) is 4.87. The average molecular weight is 222 g/mol. The van der Waals surface area contributed by atoms with Crippen LogP contribution in [0, 0.1) is 0 Å². The fourth-order valence-corrected chi connectivity index (χ4v) is 2.49. The average Bonchev–Trinajstić information content (AvgIpc) is 2.37. The maximum atomic E-state index is 5.70. The van der Waals surface area contributed by atoms with Crippen molar-refractivity contribution in [3.63, 3.8) is 0 Å². The van der Waals surface area contributed by atoms with Gasteiger partial charge in [0.1, 0.15) is 0 Å². The Bertz CT molecular complexity index is 222. The van der Waals surface area contributed by atoms with Crippen LogP contribution in [0.1, 0.15) is 57.8 Å². The molecule has 1 aliphatic heterocycles. The largest absolute Gasteiger partial charge is 0.489 e. The molecule has 0 amide bonds. The molecule has 1 saturated heterocycles. The quantitative estimate of drug-likeness (QED) is 0.632. The first-order chi connectivity index (χ1) is 7.97. The van der Waals surface area contributed by atoms with E-state index in [0.717, 1.165) is 19.6 Å². The lowest BCUT2D eigenvalue weighted by molar-refractivity contribution is 0.139. The highest BCUT2D eigenvalue weighted by Gasteiger charge is 2.26. The predicted molar refractivity (Wildman–Crippen MR) is 67.3 cm³/mol. The van der Waals surface area contributed by atoms with Gasteiger partial charge < -0.3 is 9.31 Å². The van der Waals surface area contributed by atoms with E-state index in [1.54, 1.807) is 0 Å². The van der Waals surface area contributed by atoms with Gasteiger partial charge in [0.2, 0.25) is 0 Å². The van der Waals surface area contributed by atoms with E-state index < -0.39 is 0 Å². The molecular weight excluding hydrogens is 199 g/mol. The van der Waals surface area contributed by atoms with Gasteiger partial charge in [0.05, 0.1) is 0 Å². The zero-order valence-corrected chi connectivity index (χ0v) is 10.2. The summed E-state index contributed by atoms with van der Waals surface area (Å²) < 4.78 is 11.4. The number of allylic oxidation sites excluding steroid dienone is 2. The molecule has 0 unspecified atom stereocenters. The van der Waals surface area contributed by atoms with Crippen LogP contribution in [0.3, 0.4) is 0 Å². The summed E-state index contributed by atoms with van der Waals surface area (Å²) in [5.41, 5.74) is 1.40. The molecule has 0 radical (unpaired) electrons. The van der Waals surface area contributed by atoms with Crippen LogP contribution in [0.5, 0.6) is 0 Å². The fourth-order valence-electron chi connectivity index (χ4n) is 2.49. The summed E-state index contributed by atoms with van der Waals surface area (Å²) in [4.78, 5) is 0. The third kappa shape index (κ3) is 3.95. The fraction of sp³-hybridized carbons (Fsp3) is 0.846. The van der Waals surface area contributed by atoms with Crippen molar-refractivity contribution in [2.45, 2.75) is 57.8 Å². The number of hydrogen-bond donors (Lipinski definition) is 0. The standard InChI is InChI=1S/C13H23BO2/c1-2-4-6-9-13(10-7-5-3-1)14-15-11-8-12-16-14/h9H,1-8,10-12H2/b13-9+. The van der Waals surface area contributed by atoms with Crippen molar-refractivity contribution in [3.05, 3.63) is 11.5 Å². The zero-order chi connectivity index (χ0) is 11.1. The van der Waals surface area contributed by atoms with Gasteiger partial charge in [-0.25, -0.2) is 0 Å². The molecule has 2 nitrogen and oxygen atoms in total. The third-order valence-corrected chi connectivity index (χ3v) is 3.46. The Labute approximate surface area is 99.5 Å². The Morgan fingerprint density at radius 3 is 2.31 bits per heavy atom. The summed E-state index contributed by atoms with van der Waals surface area (Å²) in [6, 6.07) is 0. The lowest BCUT2D eigenvalue weighted by atomic mass is 9.73. The highest BCUT2D eigenvalue weighted by atomic mass is 16.6. The van der Waals surface area contributed by atoms with Gasteiger partial charge in [-0.2, -0.15) is 0 Å². The summed E-state index contributed by atoms with van der Waals surface area (Å²) in [7, 11) is -0.0202. The first-order valence-electron chi connectivity index (χ1n) is 6.89. The number of rotatable bonds is 1. The maximum Gasteiger partial charge on any atom is 0.489 e. The Balaban J connectivity index is 1.89. The van der Waals surface area contributed by atoms with Gasteiger partial charge >= 0.3 is 7.12 Å². The summed E-state index contributed by atoms with van der Waals surface area (Å²) in [5, 5.41) is 0.